The quantitative estimate of drug-likeness (QED) is 0.148. The molecule has 1 aromatic heterocycles. The minimum Gasteiger partial charge on any atom is -0.475 e. The van der Waals surface area contributed by atoms with Crippen molar-refractivity contribution < 1.29 is 33.0 Å². The van der Waals surface area contributed by atoms with Gasteiger partial charge in [0.15, 0.2) is 5.11 Å². The first-order valence-corrected chi connectivity index (χ1v) is 14.4. The number of rotatable bonds is 8. The molecule has 4 aromatic rings. The summed E-state index contributed by atoms with van der Waals surface area (Å²) in [5, 5.41) is 20.4. The summed E-state index contributed by atoms with van der Waals surface area (Å²) in [4.78, 5) is 36.6. The summed E-state index contributed by atoms with van der Waals surface area (Å²) in [7, 11) is 0. The van der Waals surface area contributed by atoms with Crippen molar-refractivity contribution in [3.05, 3.63) is 107 Å². The number of carbonyl (C=O) groups is 3. The first-order chi connectivity index (χ1) is 21.7. The van der Waals surface area contributed by atoms with E-state index >= 15 is 0 Å². The number of nitrogens with zero attached hydrogens (tertiary/aromatic N) is 1. The molecule has 1 aliphatic heterocycles. The number of amides is 2. The highest BCUT2D eigenvalue weighted by molar-refractivity contribution is 7.80. The summed E-state index contributed by atoms with van der Waals surface area (Å²) in [6, 6.07) is 20.6. The van der Waals surface area contributed by atoms with E-state index < -0.39 is 17.7 Å². The average Bonchev–Trinajstić information content (AvgIpc) is 3.57. The molecule has 45 heavy (non-hydrogen) atoms. The SMILES string of the molecule is O=C(CN1CCOCC1)Nc1ccc(NC(=S)Nc2ccc(NC(=O)c3ccccc3F)cc2)cc1Cl.O=C(O)c1ccco1. The number of halogens is 2. The van der Waals surface area contributed by atoms with Gasteiger partial charge in [-0.25, -0.2) is 9.18 Å². The van der Waals surface area contributed by atoms with Gasteiger partial charge in [-0.15, -0.1) is 0 Å². The van der Waals surface area contributed by atoms with E-state index in [9.17, 15) is 18.8 Å². The molecule has 0 atom stereocenters. The average molecular weight is 654 g/mol. The minimum atomic E-state index is -1.03. The van der Waals surface area contributed by atoms with Crippen molar-refractivity contribution in [2.24, 2.45) is 0 Å². The van der Waals surface area contributed by atoms with Crippen LogP contribution in [-0.4, -0.2) is 65.8 Å². The Bertz CT molecular complexity index is 1630. The standard InChI is InChI=1S/C26H25ClFN5O3S.C5H4O3/c27-21-15-19(9-10-23(21)32-24(34)16-33-11-13-36-14-12-33)31-26(37)30-18-7-5-17(6-8-18)29-25(35)20-3-1-2-4-22(20)28;6-5(7)4-2-1-3-8-4/h1-10,15H,11-14,16H2,(H,29,35)(H,32,34)(H2,30,31,37);1-3H,(H,6,7). The first kappa shape index (κ1) is 33.1. The summed E-state index contributed by atoms with van der Waals surface area (Å²) in [5.41, 5.74) is 2.31. The Balaban J connectivity index is 0.000000501. The van der Waals surface area contributed by atoms with E-state index in [1.807, 2.05) is 4.90 Å². The van der Waals surface area contributed by atoms with Crippen LogP contribution in [0.15, 0.2) is 89.5 Å². The van der Waals surface area contributed by atoms with E-state index in [0.717, 1.165) is 13.1 Å². The number of hydrogen-bond acceptors (Lipinski definition) is 7. The zero-order chi connectivity index (χ0) is 32.2. The van der Waals surface area contributed by atoms with E-state index in [2.05, 4.69) is 25.7 Å². The van der Waals surface area contributed by atoms with E-state index in [1.165, 1.54) is 36.6 Å². The van der Waals surface area contributed by atoms with Crippen molar-refractivity contribution in [3.63, 3.8) is 0 Å². The predicted molar refractivity (Wildman–Crippen MR) is 174 cm³/mol. The number of hydrogen-bond donors (Lipinski definition) is 5. The molecular weight excluding hydrogens is 625 g/mol. The topological polar surface area (TPSA) is 145 Å². The maximum Gasteiger partial charge on any atom is 0.371 e. The maximum absolute atomic E-state index is 13.8. The molecular formula is C31H29ClFN5O6S. The van der Waals surface area contributed by atoms with Crippen molar-refractivity contribution in [3.8, 4) is 0 Å². The van der Waals surface area contributed by atoms with E-state index in [0.29, 0.717) is 46.1 Å². The third-order valence-corrected chi connectivity index (χ3v) is 6.74. The maximum atomic E-state index is 13.8. The number of ether oxygens (including phenoxy) is 1. The lowest BCUT2D eigenvalue weighted by molar-refractivity contribution is -0.118. The van der Waals surface area contributed by atoms with Crippen LogP contribution in [0.5, 0.6) is 0 Å². The fourth-order valence-electron chi connectivity index (χ4n) is 4.02. The molecule has 1 fully saturated rings. The number of aromatic carboxylic acids is 1. The van der Waals surface area contributed by atoms with Crippen molar-refractivity contribution >= 4 is 69.5 Å². The highest BCUT2D eigenvalue weighted by atomic mass is 35.5. The van der Waals surface area contributed by atoms with Gasteiger partial charge in [-0.3, -0.25) is 14.5 Å². The van der Waals surface area contributed by atoms with Crippen LogP contribution in [0.4, 0.5) is 27.1 Å². The van der Waals surface area contributed by atoms with Crippen LogP contribution >= 0.6 is 23.8 Å². The molecule has 0 unspecified atom stereocenters. The van der Waals surface area contributed by atoms with Crippen LogP contribution in [0.2, 0.25) is 5.02 Å². The predicted octanol–water partition coefficient (Wildman–Crippen LogP) is 5.79. The second-order valence-corrected chi connectivity index (χ2v) is 10.3. The van der Waals surface area contributed by atoms with E-state index in [4.69, 9.17) is 33.7 Å². The fourth-order valence-corrected chi connectivity index (χ4v) is 4.48. The lowest BCUT2D eigenvalue weighted by Crippen LogP contribution is -2.41. The summed E-state index contributed by atoms with van der Waals surface area (Å²) in [6.07, 6.45) is 1.32. The molecule has 2 amide bonds. The van der Waals surface area contributed by atoms with Gasteiger partial charge in [0.1, 0.15) is 5.82 Å². The molecule has 0 radical (unpaired) electrons. The van der Waals surface area contributed by atoms with Crippen molar-refractivity contribution in [2.75, 3.05) is 54.1 Å². The molecule has 5 N–H and O–H groups in total. The van der Waals surface area contributed by atoms with Crippen molar-refractivity contribution in [1.29, 1.82) is 0 Å². The van der Waals surface area contributed by atoms with E-state index in [-0.39, 0.29) is 23.8 Å². The number of nitrogens with one attached hydrogen (secondary N) is 4. The summed E-state index contributed by atoms with van der Waals surface area (Å²) >= 11 is 11.7. The van der Waals surface area contributed by atoms with Gasteiger partial charge >= 0.3 is 5.97 Å². The smallest absolute Gasteiger partial charge is 0.371 e. The number of carbonyl (C=O) groups excluding carboxylic acids is 2. The number of thiocarbonyl (C=S) groups is 1. The Labute approximate surface area is 268 Å². The summed E-state index contributed by atoms with van der Waals surface area (Å²) in [5.74, 6) is -2.32. The van der Waals surface area contributed by atoms with Crippen LogP contribution in [-0.2, 0) is 9.53 Å². The second kappa shape index (κ2) is 16.3. The number of benzene rings is 3. The van der Waals surface area contributed by atoms with Crippen molar-refractivity contribution in [2.45, 2.75) is 0 Å². The van der Waals surface area contributed by atoms with E-state index in [1.54, 1.807) is 48.5 Å². The molecule has 0 aliphatic carbocycles. The van der Waals surface area contributed by atoms with Crippen LogP contribution in [0.3, 0.4) is 0 Å². The Morgan fingerprint density at radius 3 is 2.11 bits per heavy atom. The Kier molecular flexibility index (Phi) is 12.0. The van der Waals surface area contributed by atoms with Gasteiger partial charge in [0.05, 0.1) is 42.3 Å². The van der Waals surface area contributed by atoms with Crippen LogP contribution in [0.25, 0.3) is 0 Å². The molecule has 3 aromatic carbocycles. The molecule has 1 aliphatic rings. The van der Waals surface area contributed by atoms with Gasteiger partial charge < -0.3 is 35.5 Å². The zero-order valence-corrected chi connectivity index (χ0v) is 25.3. The third-order valence-electron chi connectivity index (χ3n) is 6.22. The van der Waals surface area contributed by atoms with Crippen molar-refractivity contribution in [1.82, 2.24) is 4.90 Å². The number of carboxylic acids is 1. The Hall–Kier alpha value is -4.82. The lowest BCUT2D eigenvalue weighted by atomic mass is 10.2. The highest BCUT2D eigenvalue weighted by Gasteiger charge is 2.15. The van der Waals surface area contributed by atoms with Gasteiger partial charge in [0, 0.05) is 30.2 Å². The summed E-state index contributed by atoms with van der Waals surface area (Å²) < 4.78 is 23.6. The molecule has 14 heteroatoms. The van der Waals surface area contributed by atoms with Crippen LogP contribution < -0.4 is 21.3 Å². The number of morpholine rings is 1. The second-order valence-electron chi connectivity index (χ2n) is 9.50. The van der Waals surface area contributed by atoms with Gasteiger partial charge in [-0.1, -0.05) is 23.7 Å². The minimum absolute atomic E-state index is 0.0231. The summed E-state index contributed by atoms with van der Waals surface area (Å²) in [6.45, 7) is 2.97. The fraction of sp³-hybridized carbons (Fsp3) is 0.161. The lowest BCUT2D eigenvalue weighted by Gasteiger charge is -2.25. The van der Waals surface area contributed by atoms with Crippen LogP contribution in [0.1, 0.15) is 20.9 Å². The number of furan rings is 1. The molecule has 5 rings (SSSR count). The first-order valence-electron chi connectivity index (χ1n) is 13.6. The third kappa shape index (κ3) is 10.4. The van der Waals surface area contributed by atoms with Crippen LogP contribution in [0, 0.1) is 5.82 Å². The molecule has 234 valence electrons. The molecule has 0 bridgehead atoms. The normalized spacial score (nSPS) is 12.7. The molecule has 2 heterocycles. The van der Waals surface area contributed by atoms with Gasteiger partial charge in [0.25, 0.3) is 5.91 Å². The number of carboxylic acid groups (broad SMARTS) is 1. The molecule has 11 nitrogen and oxygen atoms in total. The largest absolute Gasteiger partial charge is 0.475 e. The Morgan fingerprint density at radius 1 is 0.867 bits per heavy atom. The Morgan fingerprint density at radius 2 is 1.51 bits per heavy atom. The highest BCUT2D eigenvalue weighted by Crippen LogP contribution is 2.26. The molecule has 1 saturated heterocycles. The van der Waals surface area contributed by atoms with Gasteiger partial charge in [-0.05, 0) is 78.9 Å². The number of anilines is 4. The molecule has 0 saturated carbocycles. The molecule has 0 spiro atoms. The van der Waals surface area contributed by atoms with Gasteiger partial charge in [0.2, 0.25) is 11.7 Å². The monoisotopic (exact) mass is 653 g/mol. The zero-order valence-electron chi connectivity index (χ0n) is 23.7. The van der Waals surface area contributed by atoms with Gasteiger partial charge in [-0.2, -0.15) is 0 Å².